The van der Waals surface area contributed by atoms with Gasteiger partial charge in [0.2, 0.25) is 17.7 Å². The number of amides is 3. The van der Waals surface area contributed by atoms with E-state index in [0.29, 0.717) is 16.9 Å². The van der Waals surface area contributed by atoms with Crippen molar-refractivity contribution in [1.29, 1.82) is 0 Å². The molecule has 2 aromatic rings. The number of carbonyl (C=O) groups is 3. The molecule has 0 fully saturated rings. The maximum Gasteiger partial charge on any atom is 0.243 e. The summed E-state index contributed by atoms with van der Waals surface area (Å²) in [5.41, 5.74) is 1.37. The zero-order valence-corrected chi connectivity index (χ0v) is 14.7. The molecule has 0 saturated heterocycles. The van der Waals surface area contributed by atoms with E-state index in [9.17, 15) is 18.8 Å². The number of nitrogens with one attached hydrogen (secondary N) is 3. The van der Waals surface area contributed by atoms with Gasteiger partial charge in [-0.1, -0.05) is 23.7 Å². The Morgan fingerprint density at radius 3 is 2.46 bits per heavy atom. The van der Waals surface area contributed by atoms with Crippen molar-refractivity contribution >= 4 is 40.7 Å². The molecule has 0 radical (unpaired) electrons. The van der Waals surface area contributed by atoms with Crippen LogP contribution in [0.25, 0.3) is 0 Å². The smallest absolute Gasteiger partial charge is 0.243 e. The van der Waals surface area contributed by atoms with Crippen molar-refractivity contribution in [3.05, 3.63) is 58.9 Å². The normalized spacial score (nSPS) is 10.1. The van der Waals surface area contributed by atoms with Crippen LogP contribution in [-0.4, -0.2) is 24.3 Å². The summed E-state index contributed by atoms with van der Waals surface area (Å²) in [7, 11) is 0. The van der Waals surface area contributed by atoms with Gasteiger partial charge in [-0.25, -0.2) is 4.39 Å². The van der Waals surface area contributed by atoms with Crippen molar-refractivity contribution in [2.24, 2.45) is 0 Å². The van der Waals surface area contributed by atoms with Crippen LogP contribution < -0.4 is 16.0 Å². The first-order chi connectivity index (χ1) is 12.3. The van der Waals surface area contributed by atoms with E-state index in [2.05, 4.69) is 16.0 Å². The summed E-state index contributed by atoms with van der Waals surface area (Å²) in [5.74, 6) is -1.52. The van der Waals surface area contributed by atoms with Gasteiger partial charge in [0.1, 0.15) is 5.82 Å². The van der Waals surface area contributed by atoms with Gasteiger partial charge in [-0.15, -0.1) is 0 Å². The lowest BCUT2D eigenvalue weighted by atomic mass is 10.1. The van der Waals surface area contributed by atoms with Crippen LogP contribution in [0.2, 0.25) is 5.02 Å². The van der Waals surface area contributed by atoms with E-state index in [1.54, 1.807) is 18.2 Å². The average Bonchev–Trinajstić information content (AvgIpc) is 2.55. The van der Waals surface area contributed by atoms with E-state index in [1.165, 1.54) is 31.2 Å². The number of halogens is 2. The molecule has 2 rings (SSSR count). The van der Waals surface area contributed by atoms with Crippen molar-refractivity contribution in [3.63, 3.8) is 0 Å². The van der Waals surface area contributed by atoms with Crippen molar-refractivity contribution in [2.75, 3.05) is 17.2 Å². The molecule has 3 amide bonds. The molecule has 3 N–H and O–H groups in total. The van der Waals surface area contributed by atoms with Crippen LogP contribution in [0.15, 0.2) is 42.5 Å². The standard InChI is InChI=1S/C18H17ClFN3O3/c1-11(24)22-16-6-5-14(9-15(16)19)23-18(26)10-21-17(25)8-12-3-2-4-13(20)7-12/h2-7,9H,8,10H2,1H3,(H,21,25)(H,22,24)(H,23,26). The predicted octanol–water partition coefficient (Wildman–Crippen LogP) is 2.73. The maximum atomic E-state index is 13.1. The van der Waals surface area contributed by atoms with E-state index in [-0.39, 0.29) is 23.9 Å². The highest BCUT2D eigenvalue weighted by Gasteiger charge is 2.09. The molecule has 0 aliphatic carbocycles. The third-order valence-electron chi connectivity index (χ3n) is 3.26. The zero-order valence-electron chi connectivity index (χ0n) is 13.9. The van der Waals surface area contributed by atoms with Crippen LogP contribution in [0.4, 0.5) is 15.8 Å². The summed E-state index contributed by atoms with van der Waals surface area (Å²) in [5, 5.41) is 7.87. The fourth-order valence-corrected chi connectivity index (χ4v) is 2.39. The summed E-state index contributed by atoms with van der Waals surface area (Å²) in [6.45, 7) is 1.12. The summed E-state index contributed by atoms with van der Waals surface area (Å²) < 4.78 is 13.1. The summed E-state index contributed by atoms with van der Waals surface area (Å²) in [4.78, 5) is 34.7. The molecular weight excluding hydrogens is 361 g/mol. The van der Waals surface area contributed by atoms with Gasteiger partial charge < -0.3 is 16.0 Å². The Kier molecular flexibility index (Phi) is 6.68. The van der Waals surface area contributed by atoms with E-state index in [0.717, 1.165) is 0 Å². The highest BCUT2D eigenvalue weighted by Crippen LogP contribution is 2.25. The first-order valence-corrected chi connectivity index (χ1v) is 8.09. The molecule has 0 atom stereocenters. The average molecular weight is 378 g/mol. The van der Waals surface area contributed by atoms with E-state index in [1.807, 2.05) is 0 Å². The summed E-state index contributed by atoms with van der Waals surface area (Å²) >= 11 is 6.02. The van der Waals surface area contributed by atoms with Crippen molar-refractivity contribution in [2.45, 2.75) is 13.3 Å². The lowest BCUT2D eigenvalue weighted by Crippen LogP contribution is -2.33. The van der Waals surface area contributed by atoms with Crippen molar-refractivity contribution in [3.8, 4) is 0 Å². The van der Waals surface area contributed by atoms with Gasteiger partial charge >= 0.3 is 0 Å². The Morgan fingerprint density at radius 2 is 1.81 bits per heavy atom. The topological polar surface area (TPSA) is 87.3 Å². The lowest BCUT2D eigenvalue weighted by molar-refractivity contribution is -0.123. The molecule has 0 bridgehead atoms. The predicted molar refractivity (Wildman–Crippen MR) is 97.5 cm³/mol. The first kappa shape index (κ1) is 19.4. The molecule has 2 aromatic carbocycles. The molecule has 0 aromatic heterocycles. The molecule has 0 aliphatic heterocycles. The first-order valence-electron chi connectivity index (χ1n) is 7.71. The third-order valence-corrected chi connectivity index (χ3v) is 3.58. The lowest BCUT2D eigenvalue weighted by Gasteiger charge is -2.10. The Morgan fingerprint density at radius 1 is 1.04 bits per heavy atom. The fourth-order valence-electron chi connectivity index (χ4n) is 2.16. The van der Waals surface area contributed by atoms with Gasteiger partial charge in [0.25, 0.3) is 0 Å². The Labute approximate surface area is 154 Å². The van der Waals surface area contributed by atoms with Crippen LogP contribution in [0.1, 0.15) is 12.5 Å². The molecular formula is C18H17ClFN3O3. The number of rotatable bonds is 6. The second kappa shape index (κ2) is 8.96. The quantitative estimate of drug-likeness (QED) is 0.723. The zero-order chi connectivity index (χ0) is 19.1. The molecule has 8 heteroatoms. The van der Waals surface area contributed by atoms with Crippen LogP contribution in [0.3, 0.4) is 0 Å². The maximum absolute atomic E-state index is 13.1. The van der Waals surface area contributed by atoms with Gasteiger partial charge in [0.05, 0.1) is 23.7 Å². The highest BCUT2D eigenvalue weighted by molar-refractivity contribution is 6.34. The molecule has 26 heavy (non-hydrogen) atoms. The molecule has 0 aliphatic rings. The minimum Gasteiger partial charge on any atom is -0.347 e. The highest BCUT2D eigenvalue weighted by atomic mass is 35.5. The fraction of sp³-hybridized carbons (Fsp3) is 0.167. The number of anilines is 2. The second-order valence-corrected chi connectivity index (χ2v) is 5.91. The second-order valence-electron chi connectivity index (χ2n) is 5.51. The van der Waals surface area contributed by atoms with Gasteiger partial charge in [0.15, 0.2) is 0 Å². The van der Waals surface area contributed by atoms with Gasteiger partial charge in [-0.2, -0.15) is 0 Å². The van der Waals surface area contributed by atoms with Crippen LogP contribution in [0.5, 0.6) is 0 Å². The minimum absolute atomic E-state index is 0.0255. The molecule has 0 heterocycles. The Bertz CT molecular complexity index is 842. The third kappa shape index (κ3) is 6.18. The van der Waals surface area contributed by atoms with Gasteiger partial charge in [0, 0.05) is 12.6 Å². The summed E-state index contributed by atoms with van der Waals surface area (Å²) in [6, 6.07) is 10.3. The SMILES string of the molecule is CC(=O)Nc1ccc(NC(=O)CNC(=O)Cc2cccc(F)c2)cc1Cl. The van der Waals surface area contributed by atoms with E-state index in [4.69, 9.17) is 11.6 Å². The number of hydrogen-bond donors (Lipinski definition) is 3. The van der Waals surface area contributed by atoms with Gasteiger partial charge in [-0.05, 0) is 35.9 Å². The largest absolute Gasteiger partial charge is 0.347 e. The summed E-state index contributed by atoms with van der Waals surface area (Å²) in [6.07, 6.45) is -0.0255. The molecule has 0 spiro atoms. The van der Waals surface area contributed by atoms with Crippen LogP contribution in [0, 0.1) is 5.82 Å². The minimum atomic E-state index is -0.444. The van der Waals surface area contributed by atoms with Crippen LogP contribution >= 0.6 is 11.6 Å². The van der Waals surface area contributed by atoms with Crippen molar-refractivity contribution < 1.29 is 18.8 Å². The molecule has 136 valence electrons. The van der Waals surface area contributed by atoms with Crippen molar-refractivity contribution in [1.82, 2.24) is 5.32 Å². The molecule has 0 unspecified atom stereocenters. The van der Waals surface area contributed by atoms with E-state index < -0.39 is 17.6 Å². The van der Waals surface area contributed by atoms with Gasteiger partial charge in [-0.3, -0.25) is 14.4 Å². The van der Waals surface area contributed by atoms with Crippen LogP contribution in [-0.2, 0) is 20.8 Å². The molecule has 6 nitrogen and oxygen atoms in total. The van der Waals surface area contributed by atoms with E-state index >= 15 is 0 Å². The number of hydrogen-bond acceptors (Lipinski definition) is 3. The number of carbonyl (C=O) groups excluding carboxylic acids is 3. The molecule has 0 saturated carbocycles. The Hall–Kier alpha value is -2.93. The number of benzene rings is 2. The monoisotopic (exact) mass is 377 g/mol. The Balaban J connectivity index is 1.84.